The molecule has 3 aromatic rings. The van der Waals surface area contributed by atoms with Gasteiger partial charge in [-0.1, -0.05) is 6.42 Å². The van der Waals surface area contributed by atoms with Crippen molar-refractivity contribution >= 4 is 28.6 Å². The molecular formula is C23H28N6O3. The van der Waals surface area contributed by atoms with Crippen molar-refractivity contribution in [3.8, 4) is 5.75 Å². The molecule has 2 aromatic heterocycles. The number of aromatic nitrogens is 4. The molecule has 1 saturated carbocycles. The summed E-state index contributed by atoms with van der Waals surface area (Å²) in [5.74, 6) is 0.174. The normalized spacial score (nSPS) is 21.3. The number of nitrogens with one attached hydrogen (secondary N) is 1. The van der Waals surface area contributed by atoms with E-state index in [-0.39, 0.29) is 12.0 Å². The maximum atomic E-state index is 11.5. The predicted octanol–water partition coefficient (Wildman–Crippen LogP) is 3.38. The molecule has 0 bridgehead atoms. The maximum absolute atomic E-state index is 11.5. The van der Waals surface area contributed by atoms with Gasteiger partial charge in [0.05, 0.1) is 36.3 Å². The van der Waals surface area contributed by atoms with Gasteiger partial charge in [-0.15, -0.1) is 0 Å². The molecule has 0 spiro atoms. The molecular weight excluding hydrogens is 408 g/mol. The van der Waals surface area contributed by atoms with Crippen LogP contribution >= 0.6 is 0 Å². The lowest BCUT2D eigenvalue weighted by atomic mass is 9.86. The smallest absolute Gasteiger partial charge is 0.306 e. The molecule has 5 rings (SSSR count). The summed E-state index contributed by atoms with van der Waals surface area (Å²) < 4.78 is 7.50. The average Bonchev–Trinajstić information content (AvgIpc) is 3.22. The quantitative estimate of drug-likeness (QED) is 0.627. The van der Waals surface area contributed by atoms with Crippen LogP contribution in [0.3, 0.4) is 0 Å². The van der Waals surface area contributed by atoms with Crippen LogP contribution in [0.25, 0.3) is 11.0 Å². The van der Waals surface area contributed by atoms with Crippen LogP contribution in [-0.4, -0.2) is 56.4 Å². The summed E-state index contributed by atoms with van der Waals surface area (Å²) in [7, 11) is 3.79. The zero-order valence-corrected chi connectivity index (χ0v) is 18.4. The van der Waals surface area contributed by atoms with Crippen LogP contribution in [0.15, 0.2) is 24.5 Å². The molecule has 2 N–H and O–H groups in total. The molecule has 1 aromatic carbocycles. The second kappa shape index (κ2) is 8.38. The number of carboxylic acid groups (broad SMARTS) is 1. The Morgan fingerprint density at radius 1 is 1.25 bits per heavy atom. The number of ether oxygens (including phenoxy) is 1. The van der Waals surface area contributed by atoms with Gasteiger partial charge in [-0.05, 0) is 56.0 Å². The number of aliphatic carboxylic acids is 1. The molecule has 2 atom stereocenters. The fourth-order valence-electron chi connectivity index (χ4n) is 4.89. The van der Waals surface area contributed by atoms with E-state index in [0.717, 1.165) is 61.2 Å². The number of fused-ring (bicyclic) bond motifs is 2. The summed E-state index contributed by atoms with van der Waals surface area (Å²) in [5, 5.41) is 18.1. The molecule has 9 heteroatoms. The Morgan fingerprint density at radius 2 is 2.12 bits per heavy atom. The van der Waals surface area contributed by atoms with Crippen LogP contribution in [0.1, 0.15) is 42.9 Å². The second-order valence-electron chi connectivity index (χ2n) is 8.85. The van der Waals surface area contributed by atoms with Crippen LogP contribution in [0.4, 0.5) is 11.6 Å². The van der Waals surface area contributed by atoms with E-state index in [9.17, 15) is 9.90 Å². The number of anilines is 2. The second-order valence-corrected chi connectivity index (χ2v) is 8.85. The minimum atomic E-state index is -0.728. The molecule has 0 radical (unpaired) electrons. The van der Waals surface area contributed by atoms with Crippen LogP contribution in [0.2, 0.25) is 0 Å². The number of hydrogen-bond donors (Lipinski definition) is 2. The Kier molecular flexibility index (Phi) is 5.42. The van der Waals surface area contributed by atoms with Crippen molar-refractivity contribution in [1.82, 2.24) is 24.6 Å². The topological polar surface area (TPSA) is 105 Å². The Balaban J connectivity index is 1.45. The molecule has 2 unspecified atom stereocenters. The third-order valence-electron chi connectivity index (χ3n) is 6.65. The summed E-state index contributed by atoms with van der Waals surface area (Å²) >= 11 is 0. The van der Waals surface area contributed by atoms with Crippen molar-refractivity contribution in [2.75, 3.05) is 26.0 Å². The Labute approximate surface area is 186 Å². The van der Waals surface area contributed by atoms with Crippen molar-refractivity contribution in [2.45, 2.75) is 44.7 Å². The van der Waals surface area contributed by atoms with Crippen LogP contribution in [0, 0.1) is 5.92 Å². The zero-order valence-electron chi connectivity index (χ0n) is 18.4. The van der Waals surface area contributed by atoms with Gasteiger partial charge < -0.3 is 20.1 Å². The minimum Gasteiger partial charge on any atom is -0.495 e. The first-order chi connectivity index (χ1) is 15.5. The minimum absolute atomic E-state index is 0.0268. The first-order valence-electron chi connectivity index (χ1n) is 11.1. The largest absolute Gasteiger partial charge is 0.495 e. The highest BCUT2D eigenvalue weighted by Crippen LogP contribution is 2.35. The molecule has 0 saturated heterocycles. The van der Waals surface area contributed by atoms with Crippen molar-refractivity contribution in [3.63, 3.8) is 0 Å². The van der Waals surface area contributed by atoms with Gasteiger partial charge in [0.25, 0.3) is 0 Å². The number of benzene rings is 1. The lowest BCUT2D eigenvalue weighted by Crippen LogP contribution is -2.26. The highest BCUT2D eigenvalue weighted by Gasteiger charge is 2.29. The molecule has 168 valence electrons. The molecule has 0 amide bonds. The number of hydrogen-bond acceptors (Lipinski definition) is 7. The molecule has 32 heavy (non-hydrogen) atoms. The summed E-state index contributed by atoms with van der Waals surface area (Å²) in [6.45, 7) is 1.93. The van der Waals surface area contributed by atoms with Crippen molar-refractivity contribution in [1.29, 1.82) is 0 Å². The van der Waals surface area contributed by atoms with E-state index in [1.54, 1.807) is 19.5 Å². The number of likely N-dealkylation sites (N-methyl/N-ethyl adjacent to an activating group) is 1. The lowest BCUT2D eigenvalue weighted by molar-refractivity contribution is -0.143. The highest BCUT2D eigenvalue weighted by atomic mass is 16.5. The number of carboxylic acids is 1. The van der Waals surface area contributed by atoms with Gasteiger partial charge in [0.2, 0.25) is 5.95 Å². The van der Waals surface area contributed by atoms with Gasteiger partial charge in [0.15, 0.2) is 5.65 Å². The van der Waals surface area contributed by atoms with Crippen molar-refractivity contribution < 1.29 is 14.6 Å². The summed E-state index contributed by atoms with van der Waals surface area (Å²) in [6, 6.07) is 4.24. The van der Waals surface area contributed by atoms with Gasteiger partial charge in [-0.25, -0.2) is 9.67 Å². The van der Waals surface area contributed by atoms with Crippen molar-refractivity contribution in [2.24, 2.45) is 5.92 Å². The number of carbonyl (C=O) groups is 1. The first-order valence-corrected chi connectivity index (χ1v) is 11.1. The van der Waals surface area contributed by atoms with Crippen LogP contribution < -0.4 is 10.1 Å². The predicted molar refractivity (Wildman–Crippen MR) is 120 cm³/mol. The fourth-order valence-corrected chi connectivity index (χ4v) is 4.89. The Hall–Kier alpha value is -3.20. The monoisotopic (exact) mass is 436 g/mol. The van der Waals surface area contributed by atoms with Gasteiger partial charge in [0, 0.05) is 19.3 Å². The molecule has 2 aliphatic rings. The fraction of sp³-hybridized carbons (Fsp3) is 0.478. The van der Waals surface area contributed by atoms with E-state index < -0.39 is 5.97 Å². The summed E-state index contributed by atoms with van der Waals surface area (Å²) in [5.41, 5.74) is 4.13. The van der Waals surface area contributed by atoms with E-state index in [1.807, 2.05) is 4.68 Å². The van der Waals surface area contributed by atoms with E-state index >= 15 is 0 Å². The van der Waals surface area contributed by atoms with E-state index in [0.29, 0.717) is 12.4 Å². The summed E-state index contributed by atoms with van der Waals surface area (Å²) in [4.78, 5) is 23.0. The zero-order chi connectivity index (χ0) is 22.2. The SMILES string of the molecule is COc1cc2c(cc1Nc1ncc3cnn(C4CCCC(C(=O)O)C4)c3n1)CN(C)CC2. The highest BCUT2D eigenvalue weighted by molar-refractivity contribution is 5.76. The molecule has 1 aliphatic carbocycles. The van der Waals surface area contributed by atoms with Gasteiger partial charge >= 0.3 is 5.97 Å². The number of nitrogens with zero attached hydrogens (tertiary/aromatic N) is 5. The molecule has 9 nitrogen and oxygen atoms in total. The standard InChI is InChI=1S/C23H28N6O3/c1-28-7-6-14-10-20(32-2)19(9-16(14)13-28)26-23-24-11-17-12-25-29(21(17)27-23)18-5-3-4-15(8-18)22(30)31/h9-12,15,18H,3-8,13H2,1-2H3,(H,30,31)(H,24,26,27). The lowest BCUT2D eigenvalue weighted by Gasteiger charge is -2.27. The van der Waals surface area contributed by atoms with Gasteiger partial charge in [0.1, 0.15) is 5.75 Å². The Bertz CT molecular complexity index is 1160. The molecule has 1 aliphatic heterocycles. The molecule has 1 fully saturated rings. The van der Waals surface area contributed by atoms with E-state index in [4.69, 9.17) is 9.72 Å². The van der Waals surface area contributed by atoms with Crippen molar-refractivity contribution in [3.05, 3.63) is 35.7 Å². The van der Waals surface area contributed by atoms with Crippen LogP contribution in [-0.2, 0) is 17.8 Å². The Morgan fingerprint density at radius 3 is 2.94 bits per heavy atom. The third-order valence-corrected chi connectivity index (χ3v) is 6.65. The first kappa shape index (κ1) is 20.7. The van der Waals surface area contributed by atoms with Crippen LogP contribution in [0.5, 0.6) is 5.75 Å². The van der Waals surface area contributed by atoms with E-state index in [2.05, 4.69) is 39.5 Å². The summed E-state index contributed by atoms with van der Waals surface area (Å²) in [6.07, 6.45) is 7.58. The molecule has 3 heterocycles. The maximum Gasteiger partial charge on any atom is 0.306 e. The third kappa shape index (κ3) is 3.88. The van der Waals surface area contributed by atoms with Gasteiger partial charge in [-0.2, -0.15) is 10.1 Å². The number of rotatable bonds is 5. The van der Waals surface area contributed by atoms with Gasteiger partial charge in [-0.3, -0.25) is 4.79 Å². The average molecular weight is 437 g/mol. The number of methoxy groups -OCH3 is 1. The van der Waals surface area contributed by atoms with E-state index in [1.165, 1.54) is 11.1 Å².